The molecule has 0 saturated heterocycles. The van der Waals surface area contributed by atoms with E-state index in [0.29, 0.717) is 6.42 Å². The molecule has 2 rings (SSSR count). The number of hydrazone groups is 1. The molecule has 0 bridgehead atoms. The average Bonchev–Trinajstić information content (AvgIpc) is 2.45. The molecule has 0 unspecified atom stereocenters. The zero-order valence-corrected chi connectivity index (χ0v) is 10.4. The fraction of sp³-hybridized carbons (Fsp3) is 0.0667. The van der Waals surface area contributed by atoms with Gasteiger partial charge < -0.3 is 5.73 Å². The summed E-state index contributed by atoms with van der Waals surface area (Å²) in [6.45, 7) is 0. The molecule has 0 aromatic heterocycles. The normalized spacial score (nSPS) is 11.1. The van der Waals surface area contributed by atoms with Crippen molar-refractivity contribution >= 4 is 11.7 Å². The Balaban J connectivity index is 2.25. The largest absolute Gasteiger partial charge is 0.350 e. The van der Waals surface area contributed by atoms with Crippen LogP contribution in [0.25, 0.3) is 0 Å². The number of urea groups is 1. The Bertz CT molecular complexity index is 564. The maximum Gasteiger partial charge on any atom is 0.332 e. The number of hydrogen-bond donors (Lipinski definition) is 2. The molecule has 0 spiro atoms. The molecular weight excluding hydrogens is 238 g/mol. The van der Waals surface area contributed by atoms with Crippen molar-refractivity contribution in [1.82, 2.24) is 5.43 Å². The molecule has 96 valence electrons. The minimum absolute atomic E-state index is 0.630. The number of amides is 2. The van der Waals surface area contributed by atoms with Crippen LogP contribution in [0.4, 0.5) is 4.79 Å². The summed E-state index contributed by atoms with van der Waals surface area (Å²) in [6, 6.07) is 19.0. The minimum Gasteiger partial charge on any atom is -0.350 e. The number of benzene rings is 2. The first-order chi connectivity index (χ1) is 9.25. The van der Waals surface area contributed by atoms with Crippen molar-refractivity contribution in [3.05, 3.63) is 71.8 Å². The molecule has 4 heteroatoms. The summed E-state index contributed by atoms with van der Waals surface area (Å²) in [4.78, 5) is 10.8. The lowest BCUT2D eigenvalue weighted by Crippen LogP contribution is -2.26. The van der Waals surface area contributed by atoms with Gasteiger partial charge in [0, 0.05) is 6.42 Å². The van der Waals surface area contributed by atoms with E-state index >= 15 is 0 Å². The van der Waals surface area contributed by atoms with Crippen LogP contribution in [-0.4, -0.2) is 11.7 Å². The van der Waals surface area contributed by atoms with Gasteiger partial charge in [-0.25, -0.2) is 10.2 Å². The highest BCUT2D eigenvalue weighted by molar-refractivity contribution is 6.02. The Kier molecular flexibility index (Phi) is 4.29. The molecule has 2 amide bonds. The van der Waals surface area contributed by atoms with Gasteiger partial charge in [-0.3, -0.25) is 0 Å². The first-order valence-corrected chi connectivity index (χ1v) is 5.97. The standard InChI is InChI=1S/C15H15N3O/c16-15(19)18-17-14(13-9-5-2-6-10-13)11-12-7-3-1-4-8-12/h1-10H,11H2,(H3,16,18,19). The third-order valence-electron chi connectivity index (χ3n) is 2.62. The van der Waals surface area contributed by atoms with Crippen LogP contribution < -0.4 is 11.2 Å². The van der Waals surface area contributed by atoms with E-state index in [9.17, 15) is 4.79 Å². The van der Waals surface area contributed by atoms with Crippen LogP contribution in [0.1, 0.15) is 11.1 Å². The van der Waals surface area contributed by atoms with Crippen LogP contribution in [0.2, 0.25) is 0 Å². The molecule has 0 aliphatic rings. The smallest absolute Gasteiger partial charge is 0.332 e. The number of rotatable bonds is 4. The lowest BCUT2D eigenvalue weighted by molar-refractivity contribution is 0.249. The number of hydrogen-bond acceptors (Lipinski definition) is 2. The summed E-state index contributed by atoms with van der Waals surface area (Å²) < 4.78 is 0. The van der Waals surface area contributed by atoms with Crippen molar-refractivity contribution in [3.8, 4) is 0 Å². The molecule has 3 N–H and O–H groups in total. The van der Waals surface area contributed by atoms with Gasteiger partial charge in [-0.15, -0.1) is 0 Å². The minimum atomic E-state index is -0.665. The fourth-order valence-electron chi connectivity index (χ4n) is 1.75. The van der Waals surface area contributed by atoms with Crippen molar-refractivity contribution in [1.29, 1.82) is 0 Å². The quantitative estimate of drug-likeness (QED) is 0.637. The Hall–Kier alpha value is -2.62. The van der Waals surface area contributed by atoms with Crippen LogP contribution >= 0.6 is 0 Å². The van der Waals surface area contributed by atoms with E-state index in [4.69, 9.17) is 5.73 Å². The summed E-state index contributed by atoms with van der Waals surface area (Å²) in [5.41, 5.74) is 10.2. The molecule has 0 aliphatic heterocycles. The van der Waals surface area contributed by atoms with Crippen molar-refractivity contribution in [2.24, 2.45) is 10.8 Å². The number of primary amides is 1. The SMILES string of the molecule is NC(=O)NN=C(Cc1ccccc1)c1ccccc1. The lowest BCUT2D eigenvalue weighted by atomic mass is 10.0. The van der Waals surface area contributed by atoms with E-state index in [-0.39, 0.29) is 0 Å². The maximum atomic E-state index is 10.8. The van der Waals surface area contributed by atoms with Gasteiger partial charge in [0.15, 0.2) is 0 Å². The Morgan fingerprint density at radius 3 is 2.16 bits per heavy atom. The van der Waals surface area contributed by atoms with Crippen molar-refractivity contribution in [2.75, 3.05) is 0 Å². The Labute approximate surface area is 112 Å². The first-order valence-electron chi connectivity index (χ1n) is 5.97. The molecule has 19 heavy (non-hydrogen) atoms. The molecule has 4 nitrogen and oxygen atoms in total. The first kappa shape index (κ1) is 12.8. The molecule has 0 atom stereocenters. The van der Waals surface area contributed by atoms with Gasteiger partial charge in [0.2, 0.25) is 0 Å². The second-order valence-corrected chi connectivity index (χ2v) is 4.06. The zero-order valence-electron chi connectivity index (χ0n) is 10.4. The van der Waals surface area contributed by atoms with Crippen molar-refractivity contribution in [3.63, 3.8) is 0 Å². The van der Waals surface area contributed by atoms with Gasteiger partial charge in [-0.2, -0.15) is 5.10 Å². The Morgan fingerprint density at radius 2 is 1.58 bits per heavy atom. The van der Waals surface area contributed by atoms with Gasteiger partial charge in [0.05, 0.1) is 5.71 Å². The Morgan fingerprint density at radius 1 is 1.00 bits per heavy atom. The number of nitrogens with zero attached hydrogens (tertiary/aromatic N) is 1. The predicted molar refractivity (Wildman–Crippen MR) is 75.8 cm³/mol. The van der Waals surface area contributed by atoms with E-state index < -0.39 is 6.03 Å². The maximum absolute atomic E-state index is 10.8. The van der Waals surface area contributed by atoms with Crippen LogP contribution in [0.15, 0.2) is 65.8 Å². The van der Waals surface area contributed by atoms with Crippen molar-refractivity contribution in [2.45, 2.75) is 6.42 Å². The summed E-state index contributed by atoms with van der Waals surface area (Å²) in [7, 11) is 0. The zero-order chi connectivity index (χ0) is 13.5. The summed E-state index contributed by atoms with van der Waals surface area (Å²) in [5, 5.41) is 4.08. The predicted octanol–water partition coefficient (Wildman–Crippen LogP) is 2.30. The molecule has 2 aromatic rings. The number of carbonyl (C=O) groups excluding carboxylic acids is 1. The van der Waals surface area contributed by atoms with Crippen LogP contribution in [0.3, 0.4) is 0 Å². The van der Waals surface area contributed by atoms with Gasteiger partial charge in [-0.1, -0.05) is 60.7 Å². The molecule has 0 aliphatic carbocycles. The van der Waals surface area contributed by atoms with E-state index in [1.54, 1.807) is 0 Å². The van der Waals surface area contributed by atoms with Gasteiger partial charge in [0.1, 0.15) is 0 Å². The lowest BCUT2D eigenvalue weighted by Gasteiger charge is -2.07. The fourth-order valence-corrected chi connectivity index (χ4v) is 1.75. The topological polar surface area (TPSA) is 67.5 Å². The molecule has 0 heterocycles. The number of nitrogens with one attached hydrogen (secondary N) is 1. The van der Waals surface area contributed by atoms with Gasteiger partial charge in [0.25, 0.3) is 0 Å². The van der Waals surface area contributed by atoms with Crippen molar-refractivity contribution < 1.29 is 4.79 Å². The van der Waals surface area contributed by atoms with E-state index in [2.05, 4.69) is 10.5 Å². The second kappa shape index (κ2) is 6.35. The highest BCUT2D eigenvalue weighted by Crippen LogP contribution is 2.08. The molecule has 2 aromatic carbocycles. The highest BCUT2D eigenvalue weighted by atomic mass is 16.2. The van der Waals surface area contributed by atoms with Gasteiger partial charge in [-0.05, 0) is 11.1 Å². The van der Waals surface area contributed by atoms with E-state index in [0.717, 1.165) is 16.8 Å². The average molecular weight is 253 g/mol. The van der Waals surface area contributed by atoms with Crippen LogP contribution in [-0.2, 0) is 6.42 Å². The van der Waals surface area contributed by atoms with Gasteiger partial charge >= 0.3 is 6.03 Å². The summed E-state index contributed by atoms with van der Waals surface area (Å²) in [6.07, 6.45) is 0.630. The summed E-state index contributed by atoms with van der Waals surface area (Å²) in [5.74, 6) is 0. The molecule has 0 radical (unpaired) electrons. The number of carbonyl (C=O) groups is 1. The van der Waals surface area contributed by atoms with Crippen LogP contribution in [0.5, 0.6) is 0 Å². The molecule has 0 saturated carbocycles. The summed E-state index contributed by atoms with van der Waals surface area (Å²) >= 11 is 0. The third kappa shape index (κ3) is 3.96. The number of nitrogens with two attached hydrogens (primary N) is 1. The highest BCUT2D eigenvalue weighted by Gasteiger charge is 2.05. The van der Waals surface area contributed by atoms with E-state index in [1.165, 1.54) is 0 Å². The molecular formula is C15H15N3O. The van der Waals surface area contributed by atoms with E-state index in [1.807, 2.05) is 60.7 Å². The van der Waals surface area contributed by atoms with Crippen LogP contribution in [0, 0.1) is 0 Å². The monoisotopic (exact) mass is 253 g/mol. The molecule has 0 fully saturated rings. The third-order valence-corrected chi connectivity index (χ3v) is 2.62. The second-order valence-electron chi connectivity index (χ2n) is 4.06.